The Morgan fingerprint density at radius 3 is 2.42 bits per heavy atom. The van der Waals surface area contributed by atoms with Gasteiger partial charge in [-0.05, 0) is 32.0 Å². The minimum Gasteiger partial charge on any atom is -0.318 e. The van der Waals surface area contributed by atoms with Crippen LogP contribution in [-0.2, 0) is 9.59 Å². The molecule has 0 radical (unpaired) electrons. The third kappa shape index (κ3) is 3.49. The van der Waals surface area contributed by atoms with Crippen molar-refractivity contribution < 1.29 is 14.4 Å². The Labute approximate surface area is 150 Å². The molecule has 0 fully saturated rings. The average molecular weight is 353 g/mol. The summed E-state index contributed by atoms with van der Waals surface area (Å²) in [6.07, 6.45) is 0.425. The van der Waals surface area contributed by atoms with E-state index in [1.807, 2.05) is 48.7 Å². The van der Waals surface area contributed by atoms with Gasteiger partial charge in [0.25, 0.3) is 11.8 Å². The van der Waals surface area contributed by atoms with E-state index < -0.39 is 11.8 Å². The SMILES string of the molecule is Cc1cc(C(=O)NNC(=O)C2=NNC(=O)CC2)c(C)n1-c1ccccc1. The first-order valence-corrected chi connectivity index (χ1v) is 8.18. The molecule has 2 aromatic rings. The standard InChI is InChI=1S/C18H19N5O3/c1-11-10-14(12(2)23(11)13-6-4-3-5-7-13)17(25)21-22-18(26)15-8-9-16(24)20-19-15/h3-7,10H,8-9H2,1-2H3,(H,20,24)(H,21,25)(H,22,26). The fourth-order valence-corrected chi connectivity index (χ4v) is 2.86. The van der Waals surface area contributed by atoms with Crippen molar-refractivity contribution in [1.29, 1.82) is 0 Å². The molecule has 8 nitrogen and oxygen atoms in total. The molecule has 3 N–H and O–H groups in total. The van der Waals surface area contributed by atoms with Crippen LogP contribution in [0.1, 0.15) is 34.6 Å². The number of carbonyl (C=O) groups is 3. The molecular formula is C18H19N5O3. The van der Waals surface area contributed by atoms with E-state index in [-0.39, 0.29) is 24.5 Å². The first kappa shape index (κ1) is 17.4. The topological polar surface area (TPSA) is 105 Å². The van der Waals surface area contributed by atoms with Crippen LogP contribution in [0.2, 0.25) is 0 Å². The van der Waals surface area contributed by atoms with Crippen LogP contribution in [0.5, 0.6) is 0 Å². The Morgan fingerprint density at radius 2 is 1.77 bits per heavy atom. The summed E-state index contributed by atoms with van der Waals surface area (Å²) < 4.78 is 1.97. The highest BCUT2D eigenvalue weighted by molar-refractivity contribution is 6.39. The number of nitrogens with zero attached hydrogens (tertiary/aromatic N) is 2. The summed E-state index contributed by atoms with van der Waals surface area (Å²) in [7, 11) is 0. The van der Waals surface area contributed by atoms with E-state index in [9.17, 15) is 14.4 Å². The number of benzene rings is 1. The Balaban J connectivity index is 1.71. The summed E-state index contributed by atoms with van der Waals surface area (Å²) in [5.74, 6) is -1.21. The van der Waals surface area contributed by atoms with Crippen LogP contribution in [-0.4, -0.2) is 28.0 Å². The minimum atomic E-state index is -0.546. The van der Waals surface area contributed by atoms with Crippen LogP contribution < -0.4 is 16.3 Å². The zero-order valence-electron chi connectivity index (χ0n) is 14.5. The maximum atomic E-state index is 12.5. The molecule has 2 heterocycles. The highest BCUT2D eigenvalue weighted by Crippen LogP contribution is 2.20. The van der Waals surface area contributed by atoms with E-state index in [1.165, 1.54) is 0 Å². The molecule has 0 unspecified atom stereocenters. The average Bonchev–Trinajstić information content (AvgIpc) is 2.95. The van der Waals surface area contributed by atoms with Crippen molar-refractivity contribution in [1.82, 2.24) is 20.8 Å². The normalized spacial score (nSPS) is 13.6. The molecule has 0 saturated heterocycles. The molecule has 3 amide bonds. The molecule has 26 heavy (non-hydrogen) atoms. The first-order valence-electron chi connectivity index (χ1n) is 8.18. The van der Waals surface area contributed by atoms with Crippen LogP contribution >= 0.6 is 0 Å². The van der Waals surface area contributed by atoms with Gasteiger partial charge in [0.2, 0.25) is 5.91 Å². The quantitative estimate of drug-likeness (QED) is 0.720. The lowest BCUT2D eigenvalue weighted by Crippen LogP contribution is -2.46. The van der Waals surface area contributed by atoms with Gasteiger partial charge in [0.05, 0.1) is 5.56 Å². The number of hydrazone groups is 1. The Hall–Kier alpha value is -3.42. The highest BCUT2D eigenvalue weighted by atomic mass is 16.2. The molecule has 1 aliphatic rings. The lowest BCUT2D eigenvalue weighted by molar-refractivity contribution is -0.121. The van der Waals surface area contributed by atoms with Crippen molar-refractivity contribution >= 4 is 23.4 Å². The fourth-order valence-electron chi connectivity index (χ4n) is 2.86. The molecule has 134 valence electrons. The van der Waals surface area contributed by atoms with E-state index in [1.54, 1.807) is 6.07 Å². The maximum Gasteiger partial charge on any atom is 0.285 e. The van der Waals surface area contributed by atoms with Gasteiger partial charge in [-0.2, -0.15) is 5.10 Å². The Kier molecular flexibility index (Phi) is 4.83. The van der Waals surface area contributed by atoms with Gasteiger partial charge in [0.15, 0.2) is 0 Å². The molecule has 0 atom stereocenters. The van der Waals surface area contributed by atoms with Gasteiger partial charge in [-0.15, -0.1) is 0 Å². The molecule has 1 aliphatic heterocycles. The lowest BCUT2D eigenvalue weighted by Gasteiger charge is -2.13. The van der Waals surface area contributed by atoms with Crippen molar-refractivity contribution in [2.75, 3.05) is 0 Å². The number of aryl methyl sites for hydroxylation is 1. The largest absolute Gasteiger partial charge is 0.318 e. The lowest BCUT2D eigenvalue weighted by atomic mass is 10.2. The smallest absolute Gasteiger partial charge is 0.285 e. The van der Waals surface area contributed by atoms with Gasteiger partial charge in [0.1, 0.15) is 5.71 Å². The van der Waals surface area contributed by atoms with Crippen molar-refractivity contribution in [2.24, 2.45) is 5.10 Å². The molecule has 1 aromatic heterocycles. The Bertz CT molecular complexity index is 899. The number of aromatic nitrogens is 1. The summed E-state index contributed by atoms with van der Waals surface area (Å²) in [4.78, 5) is 35.5. The summed E-state index contributed by atoms with van der Waals surface area (Å²) in [6, 6.07) is 11.5. The number of amides is 3. The number of carbonyl (C=O) groups excluding carboxylic acids is 3. The second-order valence-electron chi connectivity index (χ2n) is 5.96. The third-order valence-electron chi connectivity index (χ3n) is 4.15. The molecular weight excluding hydrogens is 334 g/mol. The van der Waals surface area contributed by atoms with E-state index >= 15 is 0 Å². The summed E-state index contributed by atoms with van der Waals surface area (Å²) in [6.45, 7) is 3.76. The first-order chi connectivity index (χ1) is 12.5. The number of para-hydroxylation sites is 1. The van der Waals surface area contributed by atoms with Crippen molar-refractivity contribution in [3.8, 4) is 5.69 Å². The van der Waals surface area contributed by atoms with Crippen LogP contribution in [0.3, 0.4) is 0 Å². The molecule has 8 heteroatoms. The van der Waals surface area contributed by atoms with Gasteiger partial charge < -0.3 is 4.57 Å². The summed E-state index contributed by atoms with van der Waals surface area (Å²) >= 11 is 0. The fraction of sp³-hybridized carbons (Fsp3) is 0.222. The monoisotopic (exact) mass is 353 g/mol. The summed E-state index contributed by atoms with van der Waals surface area (Å²) in [5, 5.41) is 3.69. The second kappa shape index (κ2) is 7.22. The number of nitrogens with one attached hydrogen (secondary N) is 3. The maximum absolute atomic E-state index is 12.5. The molecule has 0 saturated carbocycles. The Morgan fingerprint density at radius 1 is 1.08 bits per heavy atom. The van der Waals surface area contributed by atoms with Gasteiger partial charge in [-0.25, -0.2) is 5.43 Å². The van der Waals surface area contributed by atoms with Crippen molar-refractivity contribution in [3.63, 3.8) is 0 Å². The second-order valence-corrected chi connectivity index (χ2v) is 5.96. The van der Waals surface area contributed by atoms with Crippen LogP contribution in [0.25, 0.3) is 5.69 Å². The highest BCUT2D eigenvalue weighted by Gasteiger charge is 2.20. The predicted octanol–water partition coefficient (Wildman–Crippen LogP) is 1.12. The third-order valence-corrected chi connectivity index (χ3v) is 4.15. The van der Waals surface area contributed by atoms with Crippen LogP contribution in [0.15, 0.2) is 41.5 Å². The van der Waals surface area contributed by atoms with E-state index in [0.29, 0.717) is 5.56 Å². The number of hydrazine groups is 1. The zero-order valence-corrected chi connectivity index (χ0v) is 14.5. The van der Waals surface area contributed by atoms with E-state index in [0.717, 1.165) is 17.1 Å². The van der Waals surface area contributed by atoms with Crippen molar-refractivity contribution in [2.45, 2.75) is 26.7 Å². The van der Waals surface area contributed by atoms with E-state index in [4.69, 9.17) is 0 Å². The number of rotatable bonds is 3. The molecule has 0 bridgehead atoms. The van der Waals surface area contributed by atoms with Crippen LogP contribution in [0, 0.1) is 13.8 Å². The minimum absolute atomic E-state index is 0.166. The molecule has 3 rings (SSSR count). The van der Waals surface area contributed by atoms with Gasteiger partial charge in [-0.1, -0.05) is 18.2 Å². The molecule has 0 spiro atoms. The zero-order chi connectivity index (χ0) is 18.7. The van der Waals surface area contributed by atoms with Gasteiger partial charge >= 0.3 is 0 Å². The number of hydrogen-bond donors (Lipinski definition) is 3. The van der Waals surface area contributed by atoms with Crippen LogP contribution in [0.4, 0.5) is 0 Å². The van der Waals surface area contributed by atoms with E-state index in [2.05, 4.69) is 21.4 Å². The molecule has 1 aromatic carbocycles. The van der Waals surface area contributed by atoms with Gasteiger partial charge in [0, 0.05) is 29.9 Å². The van der Waals surface area contributed by atoms with Gasteiger partial charge in [-0.3, -0.25) is 25.2 Å². The van der Waals surface area contributed by atoms with Crippen molar-refractivity contribution in [3.05, 3.63) is 53.3 Å². The summed E-state index contributed by atoms with van der Waals surface area (Å²) in [5.41, 5.74) is 10.2. The number of hydrogen-bond acceptors (Lipinski definition) is 4. The molecule has 0 aliphatic carbocycles. The predicted molar refractivity (Wildman–Crippen MR) is 95.7 cm³/mol.